The van der Waals surface area contributed by atoms with Gasteiger partial charge in [-0.05, 0) is 25.3 Å². The number of primary amides is 1. The Labute approximate surface area is 78.5 Å². The fraction of sp³-hybridized carbons (Fsp3) is 0.889. The molecule has 1 amide bonds. The van der Waals surface area contributed by atoms with Gasteiger partial charge in [0.15, 0.2) is 0 Å². The number of fused-ring (bicyclic) bond motifs is 1. The van der Waals surface area contributed by atoms with E-state index in [1.807, 2.05) is 0 Å². The van der Waals surface area contributed by atoms with Gasteiger partial charge in [-0.25, -0.2) is 0 Å². The van der Waals surface area contributed by atoms with Crippen molar-refractivity contribution in [2.75, 3.05) is 26.2 Å². The van der Waals surface area contributed by atoms with Gasteiger partial charge < -0.3 is 11.1 Å². The number of hydrogen-bond acceptors (Lipinski definition) is 3. The molecule has 13 heavy (non-hydrogen) atoms. The van der Waals surface area contributed by atoms with Crippen molar-refractivity contribution in [3.8, 4) is 0 Å². The second kappa shape index (κ2) is 3.64. The van der Waals surface area contributed by atoms with Crippen LogP contribution in [0.25, 0.3) is 0 Å². The largest absolute Gasteiger partial charge is 0.369 e. The van der Waals surface area contributed by atoms with Crippen molar-refractivity contribution in [1.29, 1.82) is 0 Å². The number of carbonyl (C=O) groups excluding carboxylic acids is 1. The number of likely N-dealkylation sites (tertiary alicyclic amines) is 1. The normalized spacial score (nSPS) is 34.5. The molecule has 0 radical (unpaired) electrons. The van der Waals surface area contributed by atoms with Gasteiger partial charge in [0.05, 0.1) is 6.54 Å². The molecule has 0 aromatic rings. The van der Waals surface area contributed by atoms with E-state index in [1.165, 1.54) is 12.8 Å². The van der Waals surface area contributed by atoms with Crippen LogP contribution in [0.1, 0.15) is 12.8 Å². The highest BCUT2D eigenvalue weighted by Gasteiger charge is 2.34. The van der Waals surface area contributed by atoms with Gasteiger partial charge in [-0.2, -0.15) is 0 Å². The Kier molecular flexibility index (Phi) is 2.51. The Balaban J connectivity index is 1.87. The van der Waals surface area contributed by atoms with Gasteiger partial charge in [-0.15, -0.1) is 0 Å². The monoisotopic (exact) mass is 183 g/mol. The summed E-state index contributed by atoms with van der Waals surface area (Å²) in [7, 11) is 0. The fourth-order valence-electron chi connectivity index (χ4n) is 2.49. The van der Waals surface area contributed by atoms with Gasteiger partial charge in [-0.3, -0.25) is 9.69 Å². The molecule has 2 aliphatic rings. The zero-order chi connectivity index (χ0) is 9.26. The van der Waals surface area contributed by atoms with E-state index in [0.29, 0.717) is 12.6 Å². The molecule has 0 unspecified atom stereocenters. The molecule has 0 bridgehead atoms. The quantitative estimate of drug-likeness (QED) is 0.586. The van der Waals surface area contributed by atoms with Gasteiger partial charge in [0.1, 0.15) is 0 Å². The lowest BCUT2D eigenvalue weighted by atomic mass is 9.94. The van der Waals surface area contributed by atoms with Crippen LogP contribution in [0, 0.1) is 5.92 Å². The Morgan fingerprint density at radius 1 is 1.54 bits per heavy atom. The maximum absolute atomic E-state index is 10.7. The Morgan fingerprint density at radius 3 is 3.08 bits per heavy atom. The minimum Gasteiger partial charge on any atom is -0.369 e. The lowest BCUT2D eigenvalue weighted by molar-refractivity contribution is -0.118. The third kappa shape index (κ3) is 2.00. The molecule has 74 valence electrons. The van der Waals surface area contributed by atoms with Crippen molar-refractivity contribution < 1.29 is 4.79 Å². The van der Waals surface area contributed by atoms with Gasteiger partial charge in [-0.1, -0.05) is 0 Å². The molecular formula is C9H17N3O. The first-order chi connectivity index (χ1) is 6.25. The number of rotatable bonds is 2. The summed E-state index contributed by atoms with van der Waals surface area (Å²) in [5.41, 5.74) is 5.16. The summed E-state index contributed by atoms with van der Waals surface area (Å²) in [5.74, 6) is 0.534. The maximum Gasteiger partial charge on any atom is 0.231 e. The van der Waals surface area contributed by atoms with E-state index >= 15 is 0 Å². The molecule has 2 fully saturated rings. The summed E-state index contributed by atoms with van der Waals surface area (Å²) in [6, 6.07) is 0.605. The summed E-state index contributed by atoms with van der Waals surface area (Å²) < 4.78 is 0. The second-order valence-electron chi connectivity index (χ2n) is 4.12. The Bertz CT molecular complexity index is 193. The lowest BCUT2D eigenvalue weighted by Crippen LogP contribution is -2.41. The average molecular weight is 183 g/mol. The van der Waals surface area contributed by atoms with Crippen molar-refractivity contribution in [1.82, 2.24) is 10.2 Å². The van der Waals surface area contributed by atoms with Crippen LogP contribution in [0.4, 0.5) is 0 Å². The maximum atomic E-state index is 10.7. The van der Waals surface area contributed by atoms with E-state index in [0.717, 1.165) is 25.6 Å². The highest BCUT2D eigenvalue weighted by Crippen LogP contribution is 2.24. The van der Waals surface area contributed by atoms with Gasteiger partial charge in [0.25, 0.3) is 0 Å². The zero-order valence-corrected chi connectivity index (χ0v) is 7.83. The molecule has 2 heterocycles. The van der Waals surface area contributed by atoms with Crippen LogP contribution >= 0.6 is 0 Å². The van der Waals surface area contributed by atoms with E-state index in [4.69, 9.17) is 5.73 Å². The Hall–Kier alpha value is -0.610. The van der Waals surface area contributed by atoms with Crippen molar-refractivity contribution in [3.63, 3.8) is 0 Å². The fourth-order valence-corrected chi connectivity index (χ4v) is 2.49. The predicted molar refractivity (Wildman–Crippen MR) is 50.1 cm³/mol. The van der Waals surface area contributed by atoms with Crippen molar-refractivity contribution in [2.24, 2.45) is 11.7 Å². The van der Waals surface area contributed by atoms with Crippen LogP contribution in [0.2, 0.25) is 0 Å². The molecule has 2 aliphatic heterocycles. The molecule has 2 saturated heterocycles. The summed E-state index contributed by atoms with van der Waals surface area (Å²) in [6.45, 7) is 3.59. The summed E-state index contributed by atoms with van der Waals surface area (Å²) >= 11 is 0. The number of piperidine rings is 1. The molecule has 0 aromatic carbocycles. The third-order valence-electron chi connectivity index (χ3n) is 3.05. The van der Waals surface area contributed by atoms with Crippen molar-refractivity contribution in [3.05, 3.63) is 0 Å². The molecule has 2 rings (SSSR count). The van der Waals surface area contributed by atoms with E-state index in [-0.39, 0.29) is 5.91 Å². The van der Waals surface area contributed by atoms with E-state index < -0.39 is 0 Å². The van der Waals surface area contributed by atoms with Crippen molar-refractivity contribution >= 4 is 5.91 Å². The summed E-state index contributed by atoms with van der Waals surface area (Å²) in [6.07, 6.45) is 2.57. The average Bonchev–Trinajstić information content (AvgIpc) is 2.44. The molecular weight excluding hydrogens is 166 g/mol. The van der Waals surface area contributed by atoms with Crippen molar-refractivity contribution in [2.45, 2.75) is 18.9 Å². The Morgan fingerprint density at radius 2 is 2.38 bits per heavy atom. The molecule has 4 heteroatoms. The van der Waals surface area contributed by atoms with Crippen LogP contribution in [-0.2, 0) is 4.79 Å². The van der Waals surface area contributed by atoms with E-state index in [1.54, 1.807) is 0 Å². The standard InChI is InChI=1S/C9H17N3O/c10-9(13)6-12-4-7-2-1-3-11-8(7)5-12/h7-8,11H,1-6H2,(H2,10,13)/t7-,8+/m0/s1. The first-order valence-electron chi connectivity index (χ1n) is 5.00. The van der Waals surface area contributed by atoms with E-state index in [2.05, 4.69) is 10.2 Å². The lowest BCUT2D eigenvalue weighted by Gasteiger charge is -2.24. The summed E-state index contributed by atoms with van der Waals surface area (Å²) in [5, 5.41) is 3.49. The van der Waals surface area contributed by atoms with Crippen LogP contribution in [-0.4, -0.2) is 43.0 Å². The van der Waals surface area contributed by atoms with Gasteiger partial charge in [0.2, 0.25) is 5.91 Å². The molecule has 0 saturated carbocycles. The van der Waals surface area contributed by atoms with Crippen LogP contribution in [0.15, 0.2) is 0 Å². The molecule has 0 spiro atoms. The highest BCUT2D eigenvalue weighted by molar-refractivity contribution is 5.75. The van der Waals surface area contributed by atoms with Crippen LogP contribution < -0.4 is 11.1 Å². The smallest absolute Gasteiger partial charge is 0.231 e. The molecule has 0 aliphatic carbocycles. The second-order valence-corrected chi connectivity index (χ2v) is 4.12. The van der Waals surface area contributed by atoms with E-state index in [9.17, 15) is 4.79 Å². The number of nitrogens with two attached hydrogens (primary N) is 1. The van der Waals surface area contributed by atoms with Gasteiger partial charge >= 0.3 is 0 Å². The summed E-state index contributed by atoms with van der Waals surface area (Å²) in [4.78, 5) is 12.9. The number of nitrogens with one attached hydrogen (secondary N) is 1. The predicted octanol–water partition coefficient (Wildman–Crippen LogP) is -0.844. The van der Waals surface area contributed by atoms with Crippen LogP contribution in [0.5, 0.6) is 0 Å². The van der Waals surface area contributed by atoms with Gasteiger partial charge in [0, 0.05) is 19.1 Å². The molecule has 3 N–H and O–H groups in total. The highest BCUT2D eigenvalue weighted by atomic mass is 16.1. The number of nitrogens with zero attached hydrogens (tertiary/aromatic N) is 1. The topological polar surface area (TPSA) is 58.4 Å². The zero-order valence-electron chi connectivity index (χ0n) is 7.83. The molecule has 0 aromatic heterocycles. The molecule has 2 atom stereocenters. The SMILES string of the molecule is NC(=O)CN1C[C@@H]2CCCN[C@@H]2C1. The minimum atomic E-state index is -0.210. The number of carbonyl (C=O) groups is 1. The molecule has 4 nitrogen and oxygen atoms in total. The van der Waals surface area contributed by atoms with Crippen LogP contribution in [0.3, 0.4) is 0 Å². The third-order valence-corrected chi connectivity index (χ3v) is 3.05. The first kappa shape index (κ1) is 8.97. The first-order valence-corrected chi connectivity index (χ1v) is 5.00. The number of amides is 1. The number of hydrogen-bond donors (Lipinski definition) is 2. The minimum absolute atomic E-state index is 0.210.